The molecule has 1 atom stereocenters. The molecule has 1 aliphatic rings. The van der Waals surface area contributed by atoms with E-state index in [1.165, 1.54) is 36.4 Å². The highest BCUT2D eigenvalue weighted by molar-refractivity contribution is 7.17. The molecule has 0 spiro atoms. The van der Waals surface area contributed by atoms with Gasteiger partial charge in [0.05, 0.1) is 24.9 Å². The average molecular weight is 363 g/mol. The zero-order valence-electron chi connectivity index (χ0n) is 13.2. The van der Waals surface area contributed by atoms with E-state index in [1.54, 1.807) is 6.07 Å². The maximum atomic E-state index is 13.9. The van der Waals surface area contributed by atoms with Crippen LogP contribution in [0.4, 0.5) is 15.2 Å². The zero-order chi connectivity index (χ0) is 18.0. The SMILES string of the molecule is COC(=O)c1cnc(NC(=O)C2CC(=O)N(c3ccccc3F)C2)s1. The zero-order valence-corrected chi connectivity index (χ0v) is 14.0. The summed E-state index contributed by atoms with van der Waals surface area (Å²) in [7, 11) is 1.25. The van der Waals surface area contributed by atoms with E-state index in [4.69, 9.17) is 0 Å². The van der Waals surface area contributed by atoms with E-state index in [2.05, 4.69) is 15.0 Å². The van der Waals surface area contributed by atoms with Gasteiger partial charge in [-0.05, 0) is 12.1 Å². The second kappa shape index (κ2) is 6.98. The van der Waals surface area contributed by atoms with Crippen LogP contribution < -0.4 is 10.2 Å². The Balaban J connectivity index is 1.68. The van der Waals surface area contributed by atoms with Gasteiger partial charge >= 0.3 is 5.97 Å². The predicted molar refractivity (Wildman–Crippen MR) is 88.9 cm³/mol. The molecule has 0 bridgehead atoms. The molecule has 7 nitrogen and oxygen atoms in total. The number of carbonyl (C=O) groups excluding carboxylic acids is 3. The number of halogens is 1. The number of hydrogen-bond acceptors (Lipinski definition) is 6. The highest BCUT2D eigenvalue weighted by Crippen LogP contribution is 2.28. The van der Waals surface area contributed by atoms with Crippen molar-refractivity contribution in [2.75, 3.05) is 23.9 Å². The number of amides is 2. The highest BCUT2D eigenvalue weighted by atomic mass is 32.1. The summed E-state index contributed by atoms with van der Waals surface area (Å²) in [4.78, 5) is 41.3. The van der Waals surface area contributed by atoms with Crippen molar-refractivity contribution in [3.05, 3.63) is 41.2 Å². The van der Waals surface area contributed by atoms with Crippen molar-refractivity contribution in [2.45, 2.75) is 6.42 Å². The Morgan fingerprint density at radius 2 is 2.16 bits per heavy atom. The minimum atomic E-state index is -0.627. The summed E-state index contributed by atoms with van der Waals surface area (Å²) in [6.07, 6.45) is 1.28. The van der Waals surface area contributed by atoms with Gasteiger partial charge in [-0.3, -0.25) is 9.59 Å². The number of methoxy groups -OCH3 is 1. The van der Waals surface area contributed by atoms with E-state index < -0.39 is 23.6 Å². The van der Waals surface area contributed by atoms with Crippen LogP contribution in [-0.4, -0.2) is 36.4 Å². The van der Waals surface area contributed by atoms with Crippen molar-refractivity contribution < 1.29 is 23.5 Å². The van der Waals surface area contributed by atoms with Crippen molar-refractivity contribution in [3.63, 3.8) is 0 Å². The Labute approximate surface area is 146 Å². The predicted octanol–water partition coefficient (Wildman–Crippen LogP) is 2.06. The summed E-state index contributed by atoms with van der Waals surface area (Å²) < 4.78 is 18.4. The van der Waals surface area contributed by atoms with Gasteiger partial charge < -0.3 is 15.0 Å². The van der Waals surface area contributed by atoms with Crippen molar-refractivity contribution in [2.24, 2.45) is 5.92 Å². The Bertz CT molecular complexity index is 838. The summed E-state index contributed by atoms with van der Waals surface area (Å²) in [5.41, 5.74) is 0.157. The number of nitrogens with one attached hydrogen (secondary N) is 1. The van der Waals surface area contributed by atoms with Gasteiger partial charge in [-0.2, -0.15) is 0 Å². The van der Waals surface area contributed by atoms with E-state index in [0.717, 1.165) is 11.3 Å². The van der Waals surface area contributed by atoms with Crippen molar-refractivity contribution in [1.29, 1.82) is 0 Å². The molecule has 1 unspecified atom stereocenters. The van der Waals surface area contributed by atoms with Crippen LogP contribution in [0.25, 0.3) is 0 Å². The maximum Gasteiger partial charge on any atom is 0.349 e. The lowest BCUT2D eigenvalue weighted by Crippen LogP contribution is -2.28. The fraction of sp³-hybridized carbons (Fsp3) is 0.250. The van der Waals surface area contributed by atoms with Crippen molar-refractivity contribution in [3.8, 4) is 0 Å². The Morgan fingerprint density at radius 1 is 1.40 bits per heavy atom. The van der Waals surface area contributed by atoms with Gasteiger partial charge in [0.25, 0.3) is 0 Å². The molecule has 0 saturated carbocycles. The third-order valence-electron chi connectivity index (χ3n) is 3.76. The number of aromatic nitrogens is 1. The number of esters is 1. The molecule has 1 N–H and O–H groups in total. The second-order valence-corrected chi connectivity index (χ2v) is 6.40. The first-order chi connectivity index (χ1) is 12.0. The Kier molecular flexibility index (Phi) is 4.75. The Hall–Kier alpha value is -2.81. The largest absolute Gasteiger partial charge is 0.465 e. The number of para-hydroxylation sites is 1. The molecule has 130 valence electrons. The van der Waals surface area contributed by atoms with Gasteiger partial charge in [0.1, 0.15) is 10.7 Å². The third kappa shape index (κ3) is 3.50. The first kappa shape index (κ1) is 17.0. The first-order valence-electron chi connectivity index (χ1n) is 7.39. The molecule has 25 heavy (non-hydrogen) atoms. The van der Waals surface area contributed by atoms with Crippen LogP contribution in [-0.2, 0) is 14.3 Å². The number of carbonyl (C=O) groups is 3. The van der Waals surface area contributed by atoms with E-state index in [-0.39, 0.29) is 34.6 Å². The molecule has 3 rings (SSSR count). The molecule has 0 aliphatic carbocycles. The maximum absolute atomic E-state index is 13.9. The molecule has 0 radical (unpaired) electrons. The molecule has 1 aromatic heterocycles. The van der Waals surface area contributed by atoms with Crippen LogP contribution in [0.3, 0.4) is 0 Å². The second-order valence-electron chi connectivity index (χ2n) is 5.37. The first-order valence-corrected chi connectivity index (χ1v) is 8.21. The third-order valence-corrected chi connectivity index (χ3v) is 4.65. The number of benzene rings is 1. The molecular formula is C16H14FN3O4S. The molecule has 1 aromatic carbocycles. The number of thiazole rings is 1. The van der Waals surface area contributed by atoms with Crippen molar-refractivity contribution >= 4 is 39.9 Å². The average Bonchev–Trinajstić information content (AvgIpc) is 3.21. The summed E-state index contributed by atoms with van der Waals surface area (Å²) in [6, 6.07) is 5.92. The minimum absolute atomic E-state index is 0.0185. The van der Waals surface area contributed by atoms with Crippen molar-refractivity contribution in [1.82, 2.24) is 4.98 Å². The Morgan fingerprint density at radius 3 is 2.88 bits per heavy atom. The minimum Gasteiger partial charge on any atom is -0.465 e. The van der Waals surface area contributed by atoms with E-state index in [0.29, 0.717) is 0 Å². The summed E-state index contributed by atoms with van der Waals surface area (Å²) in [5.74, 6) is -2.41. The van der Waals surface area contributed by atoms with E-state index in [9.17, 15) is 18.8 Å². The highest BCUT2D eigenvalue weighted by Gasteiger charge is 2.36. The van der Waals surface area contributed by atoms with Crippen LogP contribution in [0.1, 0.15) is 16.1 Å². The smallest absolute Gasteiger partial charge is 0.349 e. The summed E-state index contributed by atoms with van der Waals surface area (Å²) in [6.45, 7) is 0.0842. The topological polar surface area (TPSA) is 88.6 Å². The molecule has 9 heteroatoms. The normalized spacial score (nSPS) is 16.8. The van der Waals surface area contributed by atoms with Crippen LogP contribution in [0.5, 0.6) is 0 Å². The molecular weight excluding hydrogens is 349 g/mol. The molecule has 1 aliphatic heterocycles. The van der Waals surface area contributed by atoms with Gasteiger partial charge in [0.15, 0.2) is 5.13 Å². The fourth-order valence-corrected chi connectivity index (χ4v) is 3.26. The molecule has 2 aromatic rings. The van der Waals surface area contributed by atoms with E-state index in [1.807, 2.05) is 0 Å². The van der Waals surface area contributed by atoms with Gasteiger partial charge in [-0.1, -0.05) is 23.5 Å². The monoisotopic (exact) mass is 363 g/mol. The number of ether oxygens (including phenoxy) is 1. The lowest BCUT2D eigenvalue weighted by atomic mass is 10.1. The van der Waals surface area contributed by atoms with Crippen LogP contribution in [0, 0.1) is 11.7 Å². The van der Waals surface area contributed by atoms with Crippen LogP contribution in [0.15, 0.2) is 30.5 Å². The molecule has 2 heterocycles. The lowest BCUT2D eigenvalue weighted by Gasteiger charge is -2.17. The molecule has 1 saturated heterocycles. The standard InChI is InChI=1S/C16H14FN3O4S/c1-24-15(23)12-7-18-16(25-12)19-14(22)9-6-13(21)20(8-9)11-5-3-2-4-10(11)17/h2-5,7,9H,6,8H2,1H3,(H,18,19,22). The summed E-state index contributed by atoms with van der Waals surface area (Å²) in [5, 5.41) is 2.82. The van der Waals surface area contributed by atoms with Gasteiger partial charge in [-0.15, -0.1) is 0 Å². The van der Waals surface area contributed by atoms with Gasteiger partial charge in [-0.25, -0.2) is 14.2 Å². The number of rotatable bonds is 4. The number of hydrogen-bond donors (Lipinski definition) is 1. The van der Waals surface area contributed by atoms with Crippen LogP contribution in [0.2, 0.25) is 0 Å². The fourth-order valence-electron chi connectivity index (χ4n) is 2.52. The van der Waals surface area contributed by atoms with Gasteiger partial charge in [0, 0.05) is 13.0 Å². The molecule has 2 amide bonds. The van der Waals surface area contributed by atoms with E-state index >= 15 is 0 Å². The van der Waals surface area contributed by atoms with Gasteiger partial charge in [0.2, 0.25) is 11.8 Å². The van der Waals surface area contributed by atoms with Crippen LogP contribution >= 0.6 is 11.3 Å². The number of anilines is 2. The lowest BCUT2D eigenvalue weighted by molar-refractivity contribution is -0.122. The number of nitrogens with zero attached hydrogens (tertiary/aromatic N) is 2. The quantitative estimate of drug-likeness (QED) is 0.840. The molecule has 1 fully saturated rings. The summed E-state index contributed by atoms with van der Waals surface area (Å²) >= 11 is 0.977.